The van der Waals surface area contributed by atoms with Gasteiger partial charge in [0.05, 0.1) is 17.5 Å². The number of aliphatic hydroxyl groups is 1. The summed E-state index contributed by atoms with van der Waals surface area (Å²) < 4.78 is 27.1. The monoisotopic (exact) mass is 474 g/mol. The third kappa shape index (κ3) is 5.80. The minimum Gasteiger partial charge on any atom is -0.393 e. The van der Waals surface area contributed by atoms with E-state index in [0.29, 0.717) is 32.0 Å². The Kier molecular flexibility index (Phi) is 6.49. The number of rotatable bonds is 6. The molecular formula is C23H28F2N6OS. The van der Waals surface area contributed by atoms with E-state index in [1.54, 1.807) is 17.5 Å². The zero-order valence-corrected chi connectivity index (χ0v) is 19.2. The molecule has 7 nitrogen and oxygen atoms in total. The standard InChI is InChI=1S/C23H28F2N6OS/c24-23(25)7-10-31(11-8-23)14-17-12-16(13-20-30-19-2-1-9-26-21(19)33-20)28-22(29-17)27-15-3-5-18(32)6-4-15/h1-2,9,12,15,18,32H,3-8,10-11,13-14H2,(H,27,28,29). The van der Waals surface area contributed by atoms with Crippen molar-refractivity contribution in [2.45, 2.75) is 69.6 Å². The van der Waals surface area contributed by atoms with E-state index in [1.807, 2.05) is 23.1 Å². The highest BCUT2D eigenvalue weighted by molar-refractivity contribution is 7.18. The Morgan fingerprint density at radius 2 is 1.85 bits per heavy atom. The lowest BCUT2D eigenvalue weighted by Gasteiger charge is -2.31. The van der Waals surface area contributed by atoms with Crippen LogP contribution in [0, 0.1) is 0 Å². The Balaban J connectivity index is 1.36. The predicted octanol–water partition coefficient (Wildman–Crippen LogP) is 4.02. The Morgan fingerprint density at radius 3 is 2.61 bits per heavy atom. The average Bonchev–Trinajstić information content (AvgIpc) is 3.19. The van der Waals surface area contributed by atoms with Gasteiger partial charge in [-0.2, -0.15) is 0 Å². The van der Waals surface area contributed by atoms with Crippen molar-refractivity contribution in [1.29, 1.82) is 0 Å². The van der Waals surface area contributed by atoms with Crippen LogP contribution in [0.25, 0.3) is 10.3 Å². The summed E-state index contributed by atoms with van der Waals surface area (Å²) in [6.07, 6.45) is 5.15. The van der Waals surface area contributed by atoms with Gasteiger partial charge >= 0.3 is 0 Å². The molecule has 1 aliphatic carbocycles. The number of hydrogen-bond donors (Lipinski definition) is 2. The van der Waals surface area contributed by atoms with Crippen LogP contribution in [0.2, 0.25) is 0 Å². The van der Waals surface area contributed by atoms with Gasteiger partial charge in [-0.25, -0.2) is 28.7 Å². The fourth-order valence-electron chi connectivity index (χ4n) is 4.51. The molecule has 0 amide bonds. The van der Waals surface area contributed by atoms with Gasteiger partial charge in [0.15, 0.2) is 0 Å². The molecule has 0 atom stereocenters. The van der Waals surface area contributed by atoms with E-state index in [9.17, 15) is 13.9 Å². The predicted molar refractivity (Wildman–Crippen MR) is 124 cm³/mol. The zero-order chi connectivity index (χ0) is 22.8. The molecule has 176 valence electrons. The van der Waals surface area contributed by atoms with Gasteiger partial charge in [0.25, 0.3) is 5.92 Å². The molecule has 0 unspecified atom stereocenters. The van der Waals surface area contributed by atoms with E-state index >= 15 is 0 Å². The molecule has 2 fully saturated rings. The number of anilines is 1. The van der Waals surface area contributed by atoms with Crippen molar-refractivity contribution < 1.29 is 13.9 Å². The van der Waals surface area contributed by atoms with Crippen LogP contribution in [0.3, 0.4) is 0 Å². The molecule has 2 N–H and O–H groups in total. The molecule has 0 aromatic carbocycles. The molecule has 1 aliphatic heterocycles. The summed E-state index contributed by atoms with van der Waals surface area (Å²) in [5, 5.41) is 14.2. The van der Waals surface area contributed by atoms with Crippen LogP contribution >= 0.6 is 11.3 Å². The Labute approximate surface area is 195 Å². The molecule has 3 aromatic heterocycles. The van der Waals surface area contributed by atoms with Crippen molar-refractivity contribution in [3.8, 4) is 0 Å². The summed E-state index contributed by atoms with van der Waals surface area (Å²) in [6, 6.07) is 6.00. The van der Waals surface area contributed by atoms with Crippen molar-refractivity contribution in [3.63, 3.8) is 0 Å². The minimum atomic E-state index is -2.56. The van der Waals surface area contributed by atoms with Crippen molar-refractivity contribution in [3.05, 3.63) is 40.8 Å². The van der Waals surface area contributed by atoms with Crippen LogP contribution in [0.4, 0.5) is 14.7 Å². The number of hydrogen-bond acceptors (Lipinski definition) is 8. The van der Waals surface area contributed by atoms with Gasteiger partial charge in [-0.1, -0.05) is 11.3 Å². The SMILES string of the molecule is OC1CCC(Nc2nc(Cc3nc4cccnc4s3)cc(CN3CCC(F)(F)CC3)n2)CC1. The lowest BCUT2D eigenvalue weighted by molar-refractivity contribution is -0.0568. The summed E-state index contributed by atoms with van der Waals surface area (Å²) in [4.78, 5) is 21.5. The van der Waals surface area contributed by atoms with Crippen LogP contribution in [-0.2, 0) is 13.0 Å². The van der Waals surface area contributed by atoms with E-state index in [0.717, 1.165) is 52.4 Å². The number of thiazole rings is 1. The molecule has 0 spiro atoms. The highest BCUT2D eigenvalue weighted by atomic mass is 32.1. The number of pyridine rings is 1. The van der Waals surface area contributed by atoms with E-state index in [2.05, 4.69) is 15.3 Å². The summed E-state index contributed by atoms with van der Waals surface area (Å²) >= 11 is 1.55. The Morgan fingerprint density at radius 1 is 1.09 bits per heavy atom. The number of fused-ring (bicyclic) bond motifs is 1. The van der Waals surface area contributed by atoms with Crippen LogP contribution < -0.4 is 5.32 Å². The fraction of sp³-hybridized carbons (Fsp3) is 0.565. The lowest BCUT2D eigenvalue weighted by atomic mass is 9.93. The summed E-state index contributed by atoms with van der Waals surface area (Å²) in [5.41, 5.74) is 2.54. The fourth-order valence-corrected chi connectivity index (χ4v) is 5.42. The molecule has 0 bridgehead atoms. The highest BCUT2D eigenvalue weighted by Gasteiger charge is 2.34. The minimum absolute atomic E-state index is 0.112. The second-order valence-corrected chi connectivity index (χ2v) is 10.1. The van der Waals surface area contributed by atoms with Gasteiger partial charge in [-0.05, 0) is 43.9 Å². The molecule has 2 aliphatic rings. The third-order valence-electron chi connectivity index (χ3n) is 6.38. The number of alkyl halides is 2. The van der Waals surface area contributed by atoms with Crippen molar-refractivity contribution in [1.82, 2.24) is 24.8 Å². The molecule has 1 saturated heterocycles. The van der Waals surface area contributed by atoms with Crippen LogP contribution in [-0.4, -0.2) is 61.1 Å². The van der Waals surface area contributed by atoms with E-state index in [-0.39, 0.29) is 25.0 Å². The first-order chi connectivity index (χ1) is 15.9. The summed E-state index contributed by atoms with van der Waals surface area (Å²) in [6.45, 7) is 1.24. The quantitative estimate of drug-likeness (QED) is 0.558. The smallest absolute Gasteiger partial charge is 0.250 e. The number of nitrogens with one attached hydrogen (secondary N) is 1. The molecule has 10 heteroatoms. The number of aromatic nitrogens is 4. The van der Waals surface area contributed by atoms with Crippen molar-refractivity contribution in [2.75, 3.05) is 18.4 Å². The molecule has 0 radical (unpaired) electrons. The van der Waals surface area contributed by atoms with Gasteiger partial charge in [-0.15, -0.1) is 0 Å². The van der Waals surface area contributed by atoms with Crippen LogP contribution in [0.5, 0.6) is 0 Å². The summed E-state index contributed by atoms with van der Waals surface area (Å²) in [7, 11) is 0. The van der Waals surface area contributed by atoms with Crippen LogP contribution in [0.1, 0.15) is 54.9 Å². The summed E-state index contributed by atoms with van der Waals surface area (Å²) in [5.74, 6) is -2.00. The Bertz CT molecular complexity index is 1060. The van der Waals surface area contributed by atoms with Gasteiger partial charge in [-0.3, -0.25) is 4.90 Å². The normalized spacial score (nSPS) is 23.6. The van der Waals surface area contributed by atoms with Gasteiger partial charge in [0, 0.05) is 51.1 Å². The molecular weight excluding hydrogens is 446 g/mol. The number of aliphatic hydroxyl groups excluding tert-OH is 1. The van der Waals surface area contributed by atoms with E-state index in [1.165, 1.54) is 0 Å². The van der Waals surface area contributed by atoms with Crippen molar-refractivity contribution in [2.24, 2.45) is 0 Å². The maximum absolute atomic E-state index is 13.6. The first-order valence-electron chi connectivity index (χ1n) is 11.5. The highest BCUT2D eigenvalue weighted by Crippen LogP contribution is 2.29. The van der Waals surface area contributed by atoms with Gasteiger partial charge in [0.2, 0.25) is 5.95 Å². The second kappa shape index (κ2) is 9.52. The molecule has 3 aromatic rings. The third-order valence-corrected chi connectivity index (χ3v) is 7.36. The molecule has 1 saturated carbocycles. The maximum Gasteiger partial charge on any atom is 0.250 e. The maximum atomic E-state index is 13.6. The second-order valence-electron chi connectivity index (χ2n) is 9.07. The Hall–Kier alpha value is -2.30. The molecule has 5 rings (SSSR count). The first-order valence-corrected chi connectivity index (χ1v) is 12.4. The molecule has 33 heavy (non-hydrogen) atoms. The lowest BCUT2D eigenvalue weighted by Crippen LogP contribution is -2.39. The largest absolute Gasteiger partial charge is 0.393 e. The topological polar surface area (TPSA) is 87.1 Å². The van der Waals surface area contributed by atoms with Gasteiger partial charge in [0.1, 0.15) is 15.4 Å². The number of halogens is 2. The van der Waals surface area contributed by atoms with Crippen LogP contribution in [0.15, 0.2) is 24.4 Å². The first kappa shape index (κ1) is 22.5. The average molecular weight is 475 g/mol. The van der Waals surface area contributed by atoms with E-state index in [4.69, 9.17) is 9.97 Å². The number of likely N-dealkylation sites (tertiary alicyclic amines) is 1. The number of piperidine rings is 1. The molecule has 4 heterocycles. The van der Waals surface area contributed by atoms with Crippen molar-refractivity contribution >= 4 is 27.6 Å². The van der Waals surface area contributed by atoms with Gasteiger partial charge < -0.3 is 10.4 Å². The zero-order valence-electron chi connectivity index (χ0n) is 18.4. The van der Waals surface area contributed by atoms with E-state index < -0.39 is 5.92 Å². The number of nitrogens with zero attached hydrogens (tertiary/aromatic N) is 5.